The maximum absolute atomic E-state index is 6.17. The summed E-state index contributed by atoms with van der Waals surface area (Å²) in [5, 5.41) is 4.12. The average Bonchev–Trinajstić information content (AvgIpc) is 2.32. The summed E-state index contributed by atoms with van der Waals surface area (Å²) in [5.41, 5.74) is 1.12. The Bertz CT molecular complexity index is 417. The van der Waals surface area contributed by atoms with Crippen LogP contribution in [0.15, 0.2) is 12.1 Å². The lowest BCUT2D eigenvalue weighted by Gasteiger charge is -2.33. The molecule has 0 atom stereocenters. The summed E-state index contributed by atoms with van der Waals surface area (Å²) in [5.74, 6) is 2.14. The Morgan fingerprint density at radius 1 is 1.28 bits per heavy atom. The van der Waals surface area contributed by atoms with E-state index in [1.165, 1.54) is 12.8 Å². The zero-order valence-electron chi connectivity index (χ0n) is 11.1. The summed E-state index contributed by atoms with van der Waals surface area (Å²) in [7, 11) is 3.22. The van der Waals surface area contributed by atoms with Gasteiger partial charge in [-0.2, -0.15) is 0 Å². The van der Waals surface area contributed by atoms with Crippen LogP contribution < -0.4 is 14.8 Å². The molecule has 4 heteroatoms. The van der Waals surface area contributed by atoms with E-state index in [4.69, 9.17) is 21.1 Å². The average molecular weight is 270 g/mol. The summed E-state index contributed by atoms with van der Waals surface area (Å²) in [6.45, 7) is 3.10. The second kappa shape index (κ2) is 5.81. The maximum atomic E-state index is 6.17. The number of hydrogen-bond donors (Lipinski definition) is 1. The SMILES string of the molecule is COc1cc(CNC2CC(C)C2)cc(Cl)c1OC. The van der Waals surface area contributed by atoms with Gasteiger partial charge >= 0.3 is 0 Å². The van der Waals surface area contributed by atoms with Crippen LogP contribution in [0.5, 0.6) is 11.5 Å². The van der Waals surface area contributed by atoms with Crippen molar-refractivity contribution in [2.75, 3.05) is 14.2 Å². The molecule has 0 amide bonds. The van der Waals surface area contributed by atoms with Crippen LogP contribution in [0.3, 0.4) is 0 Å². The van der Waals surface area contributed by atoms with Crippen molar-refractivity contribution >= 4 is 11.6 Å². The Balaban J connectivity index is 2.02. The Kier molecular flexibility index (Phi) is 4.36. The molecule has 18 heavy (non-hydrogen) atoms. The number of hydrogen-bond acceptors (Lipinski definition) is 3. The van der Waals surface area contributed by atoms with Gasteiger partial charge in [-0.25, -0.2) is 0 Å². The van der Waals surface area contributed by atoms with Crippen LogP contribution >= 0.6 is 11.6 Å². The molecular formula is C14H20ClNO2. The van der Waals surface area contributed by atoms with E-state index in [0.29, 0.717) is 22.6 Å². The van der Waals surface area contributed by atoms with Gasteiger partial charge in [0.25, 0.3) is 0 Å². The highest BCUT2D eigenvalue weighted by molar-refractivity contribution is 6.32. The topological polar surface area (TPSA) is 30.5 Å². The molecule has 0 spiro atoms. The fraction of sp³-hybridized carbons (Fsp3) is 0.571. The summed E-state index contributed by atoms with van der Waals surface area (Å²) in [4.78, 5) is 0. The fourth-order valence-electron chi connectivity index (χ4n) is 2.40. The molecule has 1 N–H and O–H groups in total. The van der Waals surface area contributed by atoms with E-state index in [9.17, 15) is 0 Å². The zero-order valence-corrected chi connectivity index (χ0v) is 11.9. The molecular weight excluding hydrogens is 250 g/mol. The van der Waals surface area contributed by atoms with Gasteiger partial charge in [0, 0.05) is 12.6 Å². The third-order valence-corrected chi connectivity index (χ3v) is 3.74. The lowest BCUT2D eigenvalue weighted by molar-refractivity contribution is 0.240. The molecule has 1 saturated carbocycles. The van der Waals surface area contributed by atoms with Crippen LogP contribution in [0.4, 0.5) is 0 Å². The minimum Gasteiger partial charge on any atom is -0.493 e. The summed E-state index contributed by atoms with van der Waals surface area (Å²) >= 11 is 6.17. The summed E-state index contributed by atoms with van der Waals surface area (Å²) in [6.07, 6.45) is 2.53. The molecule has 1 aromatic rings. The van der Waals surface area contributed by atoms with Gasteiger partial charge < -0.3 is 14.8 Å². The van der Waals surface area contributed by atoms with E-state index in [1.807, 2.05) is 12.1 Å². The van der Waals surface area contributed by atoms with Crippen LogP contribution in [-0.4, -0.2) is 20.3 Å². The normalized spacial score (nSPS) is 22.4. The molecule has 0 saturated heterocycles. The molecule has 0 radical (unpaired) electrons. The largest absolute Gasteiger partial charge is 0.493 e. The van der Waals surface area contributed by atoms with Crippen LogP contribution in [0.25, 0.3) is 0 Å². The third-order valence-electron chi connectivity index (χ3n) is 3.46. The monoisotopic (exact) mass is 269 g/mol. The molecule has 100 valence electrons. The molecule has 0 bridgehead atoms. The minimum atomic E-state index is 0.593. The van der Waals surface area contributed by atoms with Crippen LogP contribution in [0.1, 0.15) is 25.3 Å². The van der Waals surface area contributed by atoms with Crippen molar-refractivity contribution in [2.24, 2.45) is 5.92 Å². The summed E-state index contributed by atoms with van der Waals surface area (Å²) < 4.78 is 10.5. The van der Waals surface area contributed by atoms with E-state index in [2.05, 4.69) is 12.2 Å². The van der Waals surface area contributed by atoms with Gasteiger partial charge in [0.05, 0.1) is 19.2 Å². The Morgan fingerprint density at radius 2 is 2.00 bits per heavy atom. The number of nitrogens with one attached hydrogen (secondary N) is 1. The van der Waals surface area contributed by atoms with Crippen molar-refractivity contribution in [1.82, 2.24) is 5.32 Å². The van der Waals surface area contributed by atoms with Gasteiger partial charge in [0.1, 0.15) is 0 Å². The van der Waals surface area contributed by atoms with E-state index in [-0.39, 0.29) is 0 Å². The molecule has 0 unspecified atom stereocenters. The molecule has 2 rings (SSSR count). The van der Waals surface area contributed by atoms with Gasteiger partial charge in [-0.05, 0) is 36.5 Å². The van der Waals surface area contributed by atoms with Crippen molar-refractivity contribution < 1.29 is 9.47 Å². The number of rotatable bonds is 5. The third kappa shape index (κ3) is 2.90. The highest BCUT2D eigenvalue weighted by Gasteiger charge is 2.24. The van der Waals surface area contributed by atoms with Crippen LogP contribution in [0.2, 0.25) is 5.02 Å². The van der Waals surface area contributed by atoms with Crippen molar-refractivity contribution in [3.05, 3.63) is 22.7 Å². The van der Waals surface area contributed by atoms with E-state index < -0.39 is 0 Å². The number of benzene rings is 1. The number of methoxy groups -OCH3 is 2. The quantitative estimate of drug-likeness (QED) is 0.890. The number of ether oxygens (including phenoxy) is 2. The van der Waals surface area contributed by atoms with Gasteiger partial charge in [0.15, 0.2) is 11.5 Å². The first-order valence-corrected chi connectivity index (χ1v) is 6.65. The van der Waals surface area contributed by atoms with Crippen molar-refractivity contribution in [1.29, 1.82) is 0 Å². The second-order valence-electron chi connectivity index (χ2n) is 4.97. The van der Waals surface area contributed by atoms with Crippen molar-refractivity contribution in [2.45, 2.75) is 32.4 Å². The zero-order chi connectivity index (χ0) is 13.1. The van der Waals surface area contributed by atoms with E-state index >= 15 is 0 Å². The predicted octanol–water partition coefficient (Wildman–Crippen LogP) is 3.25. The lowest BCUT2D eigenvalue weighted by Crippen LogP contribution is -2.39. The molecule has 1 aliphatic rings. The molecule has 1 aliphatic carbocycles. The minimum absolute atomic E-state index is 0.593. The van der Waals surface area contributed by atoms with Gasteiger partial charge in [-0.15, -0.1) is 0 Å². The van der Waals surface area contributed by atoms with Crippen molar-refractivity contribution in [3.8, 4) is 11.5 Å². The first kappa shape index (κ1) is 13.5. The van der Waals surface area contributed by atoms with Crippen LogP contribution in [-0.2, 0) is 6.54 Å². The maximum Gasteiger partial charge on any atom is 0.179 e. The first-order chi connectivity index (χ1) is 8.63. The standard InChI is InChI=1S/C14H20ClNO2/c1-9-4-11(5-9)16-8-10-6-12(15)14(18-3)13(7-10)17-2/h6-7,9,11,16H,4-5,8H2,1-3H3. The Hall–Kier alpha value is -0.930. The first-order valence-electron chi connectivity index (χ1n) is 6.27. The highest BCUT2D eigenvalue weighted by Crippen LogP contribution is 2.36. The predicted molar refractivity (Wildman–Crippen MR) is 73.6 cm³/mol. The fourth-order valence-corrected chi connectivity index (χ4v) is 2.72. The molecule has 0 aliphatic heterocycles. The molecule has 1 aromatic carbocycles. The van der Waals surface area contributed by atoms with E-state index in [0.717, 1.165) is 18.0 Å². The Labute approximate surface area is 113 Å². The molecule has 0 aromatic heterocycles. The van der Waals surface area contributed by atoms with E-state index in [1.54, 1.807) is 14.2 Å². The van der Waals surface area contributed by atoms with Gasteiger partial charge in [0.2, 0.25) is 0 Å². The summed E-state index contributed by atoms with van der Waals surface area (Å²) in [6, 6.07) is 4.55. The molecule has 1 fully saturated rings. The van der Waals surface area contributed by atoms with Gasteiger partial charge in [-0.1, -0.05) is 18.5 Å². The Morgan fingerprint density at radius 3 is 2.56 bits per heavy atom. The second-order valence-corrected chi connectivity index (χ2v) is 5.37. The van der Waals surface area contributed by atoms with Crippen LogP contribution in [0, 0.1) is 5.92 Å². The molecule has 3 nitrogen and oxygen atoms in total. The number of halogens is 1. The lowest BCUT2D eigenvalue weighted by atomic mass is 9.82. The molecule has 0 heterocycles. The van der Waals surface area contributed by atoms with Crippen molar-refractivity contribution in [3.63, 3.8) is 0 Å². The van der Waals surface area contributed by atoms with Gasteiger partial charge in [-0.3, -0.25) is 0 Å². The smallest absolute Gasteiger partial charge is 0.179 e. The highest BCUT2D eigenvalue weighted by atomic mass is 35.5.